The van der Waals surface area contributed by atoms with E-state index in [0.717, 1.165) is 38.8 Å². The Kier molecular flexibility index (Phi) is 7.38. The number of anilines is 3. The number of pyridine rings is 1. The Morgan fingerprint density at radius 1 is 1.24 bits per heavy atom. The number of carbonyl (C=O) groups excluding carboxylic acids is 1. The average molecular weight is 513 g/mol. The molecular formula is C25H33FN8O3. The third-order valence-corrected chi connectivity index (χ3v) is 7.39. The summed E-state index contributed by atoms with van der Waals surface area (Å²) in [6, 6.07) is 5.30. The number of likely N-dealkylation sites (tertiary alicyclic amines) is 1. The highest BCUT2D eigenvalue weighted by atomic mass is 19.1. The van der Waals surface area contributed by atoms with E-state index >= 15 is 0 Å². The fourth-order valence-corrected chi connectivity index (χ4v) is 5.10. The summed E-state index contributed by atoms with van der Waals surface area (Å²) in [5.74, 6) is 0.758. The van der Waals surface area contributed by atoms with Crippen molar-refractivity contribution in [1.82, 2.24) is 29.4 Å². The molecule has 1 aliphatic heterocycles. The van der Waals surface area contributed by atoms with Crippen LogP contribution in [0.25, 0.3) is 5.65 Å². The Balaban J connectivity index is 1.39. The van der Waals surface area contributed by atoms with E-state index in [-0.39, 0.29) is 36.3 Å². The van der Waals surface area contributed by atoms with Crippen LogP contribution >= 0.6 is 0 Å². The number of piperidine rings is 1. The lowest BCUT2D eigenvalue weighted by Crippen LogP contribution is -2.51. The molecule has 2 unspecified atom stereocenters. The maximum atomic E-state index is 13.3. The Bertz CT molecular complexity index is 1310. The van der Waals surface area contributed by atoms with Crippen LogP contribution in [-0.2, 0) is 4.74 Å². The SMILES string of the molecule is CNc1cc(Nc2cccn(C3CCN(CCF)CC3)c2=O)nc2c(C(=O)NC3CCC3OC)cnn12. The molecule has 3 N–H and O–H groups in total. The highest BCUT2D eigenvalue weighted by Gasteiger charge is 2.33. The molecule has 0 bridgehead atoms. The van der Waals surface area contributed by atoms with Crippen molar-refractivity contribution in [3.05, 3.63) is 46.5 Å². The van der Waals surface area contributed by atoms with Gasteiger partial charge in [-0.15, -0.1) is 0 Å². The molecule has 5 rings (SSSR count). The molecule has 4 heterocycles. The van der Waals surface area contributed by atoms with E-state index in [1.165, 1.54) is 6.20 Å². The molecule has 2 fully saturated rings. The average Bonchev–Trinajstić information content (AvgIpc) is 3.32. The van der Waals surface area contributed by atoms with Crippen molar-refractivity contribution in [2.24, 2.45) is 0 Å². The minimum atomic E-state index is -0.356. The maximum absolute atomic E-state index is 13.3. The fourth-order valence-electron chi connectivity index (χ4n) is 5.10. The lowest BCUT2D eigenvalue weighted by atomic mass is 9.89. The number of nitrogens with one attached hydrogen (secondary N) is 3. The van der Waals surface area contributed by atoms with Crippen LogP contribution in [0.3, 0.4) is 0 Å². The van der Waals surface area contributed by atoms with Gasteiger partial charge in [0.15, 0.2) is 5.65 Å². The predicted octanol–water partition coefficient (Wildman–Crippen LogP) is 2.19. The number of methoxy groups -OCH3 is 1. The Morgan fingerprint density at radius 3 is 2.73 bits per heavy atom. The summed E-state index contributed by atoms with van der Waals surface area (Å²) in [7, 11) is 3.40. The second kappa shape index (κ2) is 10.9. The molecule has 0 radical (unpaired) electrons. The first-order valence-corrected chi connectivity index (χ1v) is 12.7. The molecule has 3 aromatic rings. The molecule has 1 saturated heterocycles. The maximum Gasteiger partial charge on any atom is 0.274 e. The normalized spacial score (nSPS) is 20.5. The molecule has 1 saturated carbocycles. The number of alkyl halides is 1. The second-order valence-electron chi connectivity index (χ2n) is 9.52. The number of hydrogen-bond donors (Lipinski definition) is 3. The highest BCUT2D eigenvalue weighted by molar-refractivity contribution is 6.00. The van der Waals surface area contributed by atoms with Crippen LogP contribution in [0.15, 0.2) is 35.4 Å². The van der Waals surface area contributed by atoms with Gasteiger partial charge in [-0.05, 0) is 37.8 Å². The molecule has 1 amide bonds. The quantitative estimate of drug-likeness (QED) is 0.400. The number of rotatable bonds is 9. The van der Waals surface area contributed by atoms with E-state index in [4.69, 9.17) is 4.74 Å². The number of hydrogen-bond acceptors (Lipinski definition) is 8. The third-order valence-electron chi connectivity index (χ3n) is 7.39. The Hall–Kier alpha value is -3.51. The minimum Gasteiger partial charge on any atom is -0.379 e. The molecule has 12 heteroatoms. The largest absolute Gasteiger partial charge is 0.379 e. The Labute approximate surface area is 214 Å². The standard InChI is InChI=1S/C25H33FN8O3/c1-27-22-14-21(31-23-17(15-28-34(22)23)24(35)30-18-5-6-20(18)37-2)29-19-4-3-10-33(25(19)36)16-7-11-32(12-8-16)13-9-26/h3-4,10,14-16,18,20,27H,5-9,11-13H2,1-2H3,(H,29,31)(H,30,35). The van der Waals surface area contributed by atoms with Crippen LogP contribution in [0.4, 0.5) is 21.7 Å². The lowest BCUT2D eigenvalue weighted by Gasteiger charge is -2.35. The molecule has 0 spiro atoms. The van der Waals surface area contributed by atoms with Crippen LogP contribution in [0, 0.1) is 0 Å². The van der Waals surface area contributed by atoms with Crippen molar-refractivity contribution in [1.29, 1.82) is 0 Å². The number of ether oxygens (including phenoxy) is 1. The van der Waals surface area contributed by atoms with Gasteiger partial charge in [0.2, 0.25) is 0 Å². The van der Waals surface area contributed by atoms with Crippen LogP contribution < -0.4 is 21.5 Å². The van der Waals surface area contributed by atoms with Gasteiger partial charge in [-0.2, -0.15) is 9.61 Å². The van der Waals surface area contributed by atoms with Crippen LogP contribution in [0.2, 0.25) is 0 Å². The van der Waals surface area contributed by atoms with E-state index in [0.29, 0.717) is 35.1 Å². The van der Waals surface area contributed by atoms with Crippen molar-refractivity contribution in [3.63, 3.8) is 0 Å². The zero-order chi connectivity index (χ0) is 25.9. The summed E-state index contributed by atoms with van der Waals surface area (Å²) >= 11 is 0. The van der Waals surface area contributed by atoms with Crippen LogP contribution in [0.5, 0.6) is 0 Å². The van der Waals surface area contributed by atoms with Gasteiger partial charge in [0.25, 0.3) is 11.5 Å². The summed E-state index contributed by atoms with van der Waals surface area (Å²) in [5, 5.41) is 13.6. The molecule has 37 heavy (non-hydrogen) atoms. The van der Waals surface area contributed by atoms with Crippen molar-refractivity contribution < 1.29 is 13.9 Å². The molecule has 1 aliphatic carbocycles. The number of aromatic nitrogens is 4. The number of fused-ring (bicyclic) bond motifs is 1. The fraction of sp³-hybridized carbons (Fsp3) is 0.520. The summed E-state index contributed by atoms with van der Waals surface area (Å²) in [6.07, 6.45) is 6.66. The van der Waals surface area contributed by atoms with E-state index in [9.17, 15) is 14.0 Å². The summed E-state index contributed by atoms with van der Waals surface area (Å²) in [5.41, 5.74) is 0.945. The van der Waals surface area contributed by atoms with E-state index in [1.807, 2.05) is 6.07 Å². The van der Waals surface area contributed by atoms with Gasteiger partial charge in [-0.3, -0.25) is 9.59 Å². The van der Waals surface area contributed by atoms with Gasteiger partial charge in [-0.1, -0.05) is 0 Å². The van der Waals surface area contributed by atoms with Gasteiger partial charge in [0, 0.05) is 52.1 Å². The predicted molar refractivity (Wildman–Crippen MR) is 138 cm³/mol. The topological polar surface area (TPSA) is 118 Å². The smallest absolute Gasteiger partial charge is 0.274 e. The first-order chi connectivity index (χ1) is 18.0. The second-order valence-corrected chi connectivity index (χ2v) is 9.52. The zero-order valence-corrected chi connectivity index (χ0v) is 21.1. The molecule has 3 aromatic heterocycles. The molecule has 2 aliphatic rings. The van der Waals surface area contributed by atoms with E-state index < -0.39 is 0 Å². The van der Waals surface area contributed by atoms with Gasteiger partial charge in [0.05, 0.1) is 18.3 Å². The summed E-state index contributed by atoms with van der Waals surface area (Å²) in [4.78, 5) is 33.1. The van der Waals surface area contributed by atoms with Crippen molar-refractivity contribution in [3.8, 4) is 0 Å². The first kappa shape index (κ1) is 25.2. The summed E-state index contributed by atoms with van der Waals surface area (Å²) in [6.45, 7) is 1.61. The zero-order valence-electron chi connectivity index (χ0n) is 21.1. The number of nitrogens with zero attached hydrogens (tertiary/aromatic N) is 5. The van der Waals surface area contributed by atoms with Crippen LogP contribution in [0.1, 0.15) is 42.1 Å². The number of carbonyl (C=O) groups is 1. The van der Waals surface area contributed by atoms with Crippen molar-refractivity contribution in [2.45, 2.75) is 43.9 Å². The summed E-state index contributed by atoms with van der Waals surface area (Å²) < 4.78 is 21.4. The van der Waals surface area contributed by atoms with Crippen LogP contribution in [-0.4, -0.2) is 82.6 Å². The molecular weight excluding hydrogens is 479 g/mol. The van der Waals surface area contributed by atoms with Gasteiger partial charge in [-0.25, -0.2) is 9.37 Å². The van der Waals surface area contributed by atoms with E-state index in [2.05, 4.69) is 30.9 Å². The van der Waals surface area contributed by atoms with Crippen molar-refractivity contribution in [2.75, 3.05) is 51.1 Å². The highest BCUT2D eigenvalue weighted by Crippen LogP contribution is 2.25. The third kappa shape index (κ3) is 5.03. The first-order valence-electron chi connectivity index (χ1n) is 12.7. The van der Waals surface area contributed by atoms with Gasteiger partial charge in [0.1, 0.15) is 29.6 Å². The van der Waals surface area contributed by atoms with Crippen molar-refractivity contribution >= 4 is 28.9 Å². The monoisotopic (exact) mass is 512 g/mol. The lowest BCUT2D eigenvalue weighted by molar-refractivity contribution is 0.00732. The van der Waals surface area contributed by atoms with Gasteiger partial charge < -0.3 is 30.2 Å². The molecule has 0 aromatic carbocycles. The van der Waals surface area contributed by atoms with Gasteiger partial charge >= 0.3 is 0 Å². The van der Waals surface area contributed by atoms with E-state index in [1.54, 1.807) is 41.6 Å². The minimum absolute atomic E-state index is 0.0139. The number of amides is 1. The number of halogens is 1. The molecule has 11 nitrogen and oxygen atoms in total. The molecule has 2 atom stereocenters. The molecule has 198 valence electrons. The Morgan fingerprint density at radius 2 is 2.05 bits per heavy atom.